The second-order valence-corrected chi connectivity index (χ2v) is 9.41. The Morgan fingerprint density at radius 2 is 1.84 bits per heavy atom. The second kappa shape index (κ2) is 11.6. The number of carbonyl (C=O) groups is 2. The first-order valence-corrected chi connectivity index (χ1v) is 12.3. The van der Waals surface area contributed by atoms with Crippen molar-refractivity contribution in [3.05, 3.63) is 83.7 Å². The summed E-state index contributed by atoms with van der Waals surface area (Å²) < 4.78 is 45.3. The number of nitrogens with zero attached hydrogens (tertiary/aromatic N) is 1. The number of nitrogens with one attached hydrogen (secondary N) is 2. The highest BCUT2D eigenvalue weighted by atomic mass is 19.4. The number of ketones is 1. The maximum atomic E-state index is 13.2. The third-order valence-corrected chi connectivity index (χ3v) is 6.64. The molecule has 7 nitrogen and oxygen atoms in total. The van der Waals surface area contributed by atoms with Crippen LogP contribution in [0.15, 0.2) is 67.0 Å². The van der Waals surface area contributed by atoms with Crippen molar-refractivity contribution >= 4 is 28.8 Å². The van der Waals surface area contributed by atoms with Crippen molar-refractivity contribution in [3.63, 3.8) is 0 Å². The van der Waals surface area contributed by atoms with Gasteiger partial charge in [-0.1, -0.05) is 24.3 Å². The molecule has 1 amide bonds. The van der Waals surface area contributed by atoms with E-state index in [1.165, 1.54) is 30.6 Å². The molecule has 38 heavy (non-hydrogen) atoms. The van der Waals surface area contributed by atoms with Crippen molar-refractivity contribution in [2.75, 3.05) is 24.3 Å². The molecule has 200 valence electrons. The van der Waals surface area contributed by atoms with Crippen LogP contribution >= 0.6 is 0 Å². The largest absolute Gasteiger partial charge is 0.418 e. The number of carbonyl (C=O) groups excluding carboxylic acids is 2. The summed E-state index contributed by atoms with van der Waals surface area (Å²) >= 11 is 0. The highest BCUT2D eigenvalue weighted by Crippen LogP contribution is 2.36. The number of hydrogen-bond acceptors (Lipinski definition) is 6. The van der Waals surface area contributed by atoms with Gasteiger partial charge in [0.05, 0.1) is 29.0 Å². The number of rotatable bonds is 10. The van der Waals surface area contributed by atoms with Gasteiger partial charge in [-0.3, -0.25) is 14.6 Å². The summed E-state index contributed by atoms with van der Waals surface area (Å²) in [5, 5.41) is 5.76. The van der Waals surface area contributed by atoms with Crippen LogP contribution in [0.1, 0.15) is 47.2 Å². The predicted octanol–water partition coefficient (Wildman–Crippen LogP) is 5.50. The summed E-state index contributed by atoms with van der Waals surface area (Å²) in [6.07, 6.45) is 0.346. The van der Waals surface area contributed by atoms with Gasteiger partial charge in [0.15, 0.2) is 5.78 Å². The molecule has 0 saturated carbocycles. The van der Waals surface area contributed by atoms with E-state index in [0.29, 0.717) is 42.8 Å². The van der Waals surface area contributed by atoms with Gasteiger partial charge in [-0.2, -0.15) is 13.2 Å². The summed E-state index contributed by atoms with van der Waals surface area (Å²) in [4.78, 5) is 29.6. The average Bonchev–Trinajstić information content (AvgIpc) is 3.38. The molecule has 0 bridgehead atoms. The number of para-hydroxylation sites is 1. The fourth-order valence-electron chi connectivity index (χ4n) is 4.51. The topological polar surface area (TPSA) is 106 Å². The maximum Gasteiger partial charge on any atom is 0.418 e. The lowest BCUT2D eigenvalue weighted by molar-refractivity contribution is -0.137. The van der Waals surface area contributed by atoms with E-state index in [1.54, 1.807) is 30.3 Å². The third-order valence-electron chi connectivity index (χ3n) is 6.64. The molecule has 0 unspecified atom stereocenters. The molecule has 0 aliphatic carbocycles. The number of benzene rings is 2. The SMILES string of the molecule is Nc1cncc(C(=O)CCC[C@@]2(C(=O)NCc3ccc(Nc4ccccc4C(F)(F)F)cc3)CCOC2)c1. The molecule has 2 heterocycles. The monoisotopic (exact) mass is 526 g/mol. The van der Waals surface area contributed by atoms with Crippen LogP contribution in [-0.2, 0) is 22.3 Å². The van der Waals surface area contributed by atoms with Crippen LogP contribution in [-0.4, -0.2) is 29.9 Å². The molecule has 1 atom stereocenters. The van der Waals surface area contributed by atoms with Crippen molar-refractivity contribution < 1.29 is 27.5 Å². The zero-order chi connectivity index (χ0) is 27.2. The van der Waals surface area contributed by atoms with Gasteiger partial charge in [0.25, 0.3) is 0 Å². The van der Waals surface area contributed by atoms with Crippen molar-refractivity contribution in [2.24, 2.45) is 5.41 Å². The minimum Gasteiger partial charge on any atom is -0.397 e. The lowest BCUT2D eigenvalue weighted by Gasteiger charge is -2.26. The number of anilines is 3. The Balaban J connectivity index is 1.31. The molecule has 1 aromatic heterocycles. The zero-order valence-corrected chi connectivity index (χ0v) is 20.7. The van der Waals surface area contributed by atoms with E-state index in [-0.39, 0.29) is 37.0 Å². The van der Waals surface area contributed by atoms with Gasteiger partial charge in [0.2, 0.25) is 5.91 Å². The average molecular weight is 527 g/mol. The normalized spacial score (nSPS) is 17.2. The van der Waals surface area contributed by atoms with Crippen LogP contribution in [0.25, 0.3) is 0 Å². The lowest BCUT2D eigenvalue weighted by atomic mass is 9.80. The zero-order valence-electron chi connectivity index (χ0n) is 20.7. The fourth-order valence-corrected chi connectivity index (χ4v) is 4.51. The Labute approximate surface area is 218 Å². The highest BCUT2D eigenvalue weighted by Gasteiger charge is 2.41. The van der Waals surface area contributed by atoms with Crippen LogP contribution in [0.3, 0.4) is 0 Å². The van der Waals surface area contributed by atoms with Gasteiger partial charge >= 0.3 is 6.18 Å². The lowest BCUT2D eigenvalue weighted by Crippen LogP contribution is -2.41. The van der Waals surface area contributed by atoms with E-state index in [2.05, 4.69) is 15.6 Å². The Morgan fingerprint density at radius 1 is 1.08 bits per heavy atom. The van der Waals surface area contributed by atoms with Gasteiger partial charge in [0, 0.05) is 43.2 Å². The summed E-state index contributed by atoms with van der Waals surface area (Å²) in [5.41, 5.74) is 6.38. The molecule has 1 aliphatic heterocycles. The first-order chi connectivity index (χ1) is 18.2. The molecule has 0 spiro atoms. The van der Waals surface area contributed by atoms with E-state index in [9.17, 15) is 22.8 Å². The number of nitrogens with two attached hydrogens (primary N) is 1. The Morgan fingerprint density at radius 3 is 2.53 bits per heavy atom. The molecular weight excluding hydrogens is 497 g/mol. The number of amides is 1. The smallest absolute Gasteiger partial charge is 0.397 e. The quantitative estimate of drug-likeness (QED) is 0.301. The second-order valence-electron chi connectivity index (χ2n) is 9.41. The molecule has 10 heteroatoms. The standard InChI is InChI=1S/C28H29F3N4O3/c29-28(30,31)23-4-1-2-5-24(23)35-22-9-7-19(8-10-22)15-34-26(37)27(12-13-38-18-27)11-3-6-25(36)20-14-21(32)17-33-16-20/h1-2,4-5,7-10,14,16-17,35H,3,6,11-13,15,18,32H2,(H,34,37)/t27-/m1/s1. The molecule has 4 rings (SSSR count). The molecule has 1 fully saturated rings. The van der Waals surface area contributed by atoms with Gasteiger partial charge in [0.1, 0.15) is 0 Å². The van der Waals surface area contributed by atoms with Crippen LogP contribution in [0.4, 0.5) is 30.2 Å². The Bertz CT molecular complexity index is 1270. The van der Waals surface area contributed by atoms with Crippen LogP contribution < -0.4 is 16.4 Å². The summed E-state index contributed by atoms with van der Waals surface area (Å²) in [6.45, 7) is 1.02. The number of Topliss-reactive ketones (excluding diaryl/α,β-unsaturated/α-hetero) is 1. The highest BCUT2D eigenvalue weighted by molar-refractivity contribution is 5.96. The van der Waals surface area contributed by atoms with Gasteiger partial charge < -0.3 is 21.1 Å². The minimum absolute atomic E-state index is 0.0327. The molecular formula is C28H29F3N4O3. The molecule has 0 radical (unpaired) electrons. The van der Waals surface area contributed by atoms with E-state index < -0.39 is 17.2 Å². The number of alkyl halides is 3. The third kappa shape index (κ3) is 6.69. The maximum absolute atomic E-state index is 13.2. The number of aromatic nitrogens is 1. The number of pyridine rings is 1. The van der Waals surface area contributed by atoms with E-state index >= 15 is 0 Å². The van der Waals surface area contributed by atoms with Crippen molar-refractivity contribution in [1.29, 1.82) is 0 Å². The molecule has 1 saturated heterocycles. The molecule has 3 aromatic rings. The number of ether oxygens (including phenoxy) is 1. The van der Waals surface area contributed by atoms with Crippen molar-refractivity contribution in [3.8, 4) is 0 Å². The Kier molecular flexibility index (Phi) is 8.31. The van der Waals surface area contributed by atoms with Gasteiger partial charge in [-0.05, 0) is 55.2 Å². The van der Waals surface area contributed by atoms with E-state index in [0.717, 1.165) is 11.6 Å². The number of halogens is 3. The minimum atomic E-state index is -4.46. The molecule has 4 N–H and O–H groups in total. The van der Waals surface area contributed by atoms with Crippen molar-refractivity contribution in [1.82, 2.24) is 10.3 Å². The summed E-state index contributed by atoms with van der Waals surface area (Å²) in [6, 6.07) is 13.7. The van der Waals surface area contributed by atoms with E-state index in [4.69, 9.17) is 10.5 Å². The Hall–Kier alpha value is -3.92. The van der Waals surface area contributed by atoms with Crippen molar-refractivity contribution in [2.45, 2.75) is 38.4 Å². The van der Waals surface area contributed by atoms with E-state index in [1.807, 2.05) is 0 Å². The summed E-state index contributed by atoms with van der Waals surface area (Å²) in [7, 11) is 0. The van der Waals surface area contributed by atoms with Gasteiger partial charge in [-0.15, -0.1) is 0 Å². The number of nitrogen functional groups attached to an aromatic ring is 1. The first-order valence-electron chi connectivity index (χ1n) is 12.3. The van der Waals surface area contributed by atoms with Crippen LogP contribution in [0, 0.1) is 5.41 Å². The van der Waals surface area contributed by atoms with Gasteiger partial charge in [-0.25, -0.2) is 0 Å². The molecule has 2 aromatic carbocycles. The fraction of sp³-hybridized carbons (Fsp3) is 0.321. The molecule has 1 aliphatic rings. The predicted molar refractivity (Wildman–Crippen MR) is 138 cm³/mol. The van der Waals surface area contributed by atoms with Crippen LogP contribution in [0.2, 0.25) is 0 Å². The first kappa shape index (κ1) is 27.1. The number of hydrogen-bond donors (Lipinski definition) is 3. The summed E-state index contributed by atoms with van der Waals surface area (Å²) in [5.74, 6) is -0.222. The van der Waals surface area contributed by atoms with Crippen LogP contribution in [0.5, 0.6) is 0 Å².